The topological polar surface area (TPSA) is 56.7 Å². The smallest absolute Gasteiger partial charge is 0.194 e. The second kappa shape index (κ2) is 9.77. The molecule has 0 fully saturated rings. The molecule has 2 heterocycles. The van der Waals surface area contributed by atoms with E-state index in [1.165, 1.54) is 0 Å². The number of rotatable bonds is 5. The molecular weight excluding hydrogens is 435 g/mol. The van der Waals surface area contributed by atoms with Gasteiger partial charge < -0.3 is 15.1 Å². The summed E-state index contributed by atoms with van der Waals surface area (Å²) < 4.78 is 0. The lowest BCUT2D eigenvalue weighted by Gasteiger charge is -2.22. The minimum absolute atomic E-state index is 0. The largest absolute Gasteiger partial charge is 0.362 e. The molecule has 0 bridgehead atoms. The van der Waals surface area contributed by atoms with Gasteiger partial charge in [0.2, 0.25) is 0 Å². The van der Waals surface area contributed by atoms with Crippen LogP contribution in [0.1, 0.15) is 16.3 Å². The zero-order valence-electron chi connectivity index (χ0n) is 14.8. The summed E-state index contributed by atoms with van der Waals surface area (Å²) in [4.78, 5) is 17.4. The second-order valence-electron chi connectivity index (χ2n) is 5.50. The predicted octanol–water partition coefficient (Wildman–Crippen LogP) is 2.74. The van der Waals surface area contributed by atoms with E-state index in [1.54, 1.807) is 18.4 Å². The van der Waals surface area contributed by atoms with Crippen molar-refractivity contribution in [2.45, 2.75) is 20.0 Å². The Morgan fingerprint density at radius 2 is 2.08 bits per heavy atom. The Kier molecular flexibility index (Phi) is 8.40. The maximum Gasteiger partial charge on any atom is 0.194 e. The molecule has 0 aliphatic heterocycles. The summed E-state index contributed by atoms with van der Waals surface area (Å²) in [7, 11) is 7.80. The minimum Gasteiger partial charge on any atom is -0.362 e. The average Bonchev–Trinajstić information content (AvgIpc) is 2.93. The van der Waals surface area contributed by atoms with Gasteiger partial charge in [-0.15, -0.1) is 35.3 Å². The normalized spacial score (nSPS) is 11.0. The van der Waals surface area contributed by atoms with Gasteiger partial charge in [-0.1, -0.05) is 6.07 Å². The summed E-state index contributed by atoms with van der Waals surface area (Å²) >= 11 is 1.67. The highest BCUT2D eigenvalue weighted by atomic mass is 127. The van der Waals surface area contributed by atoms with Crippen molar-refractivity contribution in [3.8, 4) is 0 Å². The van der Waals surface area contributed by atoms with E-state index in [2.05, 4.69) is 36.6 Å². The summed E-state index contributed by atoms with van der Waals surface area (Å²) in [6.07, 6.45) is 1.81. The zero-order chi connectivity index (χ0) is 16.8. The van der Waals surface area contributed by atoms with Gasteiger partial charge in [-0.05, 0) is 13.0 Å². The Morgan fingerprint density at radius 3 is 2.67 bits per heavy atom. The number of nitrogens with one attached hydrogen (secondary N) is 1. The number of nitrogens with zero attached hydrogens (tertiary/aromatic N) is 5. The lowest BCUT2D eigenvalue weighted by Crippen LogP contribution is -2.38. The van der Waals surface area contributed by atoms with E-state index in [-0.39, 0.29) is 24.0 Å². The third-order valence-electron chi connectivity index (χ3n) is 3.37. The van der Waals surface area contributed by atoms with Gasteiger partial charge in [-0.25, -0.2) is 9.97 Å². The van der Waals surface area contributed by atoms with Gasteiger partial charge in [0.05, 0.1) is 17.2 Å². The molecule has 0 spiro atoms. The summed E-state index contributed by atoms with van der Waals surface area (Å²) in [6, 6.07) is 4.03. The van der Waals surface area contributed by atoms with Crippen LogP contribution >= 0.6 is 35.3 Å². The molecule has 0 saturated heterocycles. The summed E-state index contributed by atoms with van der Waals surface area (Å²) in [5, 5.41) is 6.57. The van der Waals surface area contributed by atoms with Gasteiger partial charge in [0, 0.05) is 51.9 Å². The summed E-state index contributed by atoms with van der Waals surface area (Å²) in [5.74, 6) is 1.80. The van der Waals surface area contributed by atoms with Crippen LogP contribution in [0.4, 0.5) is 5.82 Å². The van der Waals surface area contributed by atoms with Gasteiger partial charge in [-0.3, -0.25) is 4.99 Å². The molecule has 2 aromatic heterocycles. The molecule has 0 aliphatic carbocycles. The van der Waals surface area contributed by atoms with Crippen molar-refractivity contribution in [3.05, 3.63) is 40.0 Å². The van der Waals surface area contributed by atoms with Crippen LogP contribution in [-0.2, 0) is 13.1 Å². The molecule has 0 radical (unpaired) electrons. The number of guanidine groups is 1. The van der Waals surface area contributed by atoms with Crippen molar-refractivity contribution in [2.24, 2.45) is 4.99 Å². The van der Waals surface area contributed by atoms with Crippen molar-refractivity contribution >= 4 is 47.1 Å². The van der Waals surface area contributed by atoms with Gasteiger partial charge >= 0.3 is 0 Å². The van der Waals surface area contributed by atoms with E-state index < -0.39 is 0 Å². The number of hydrogen-bond donors (Lipinski definition) is 1. The fourth-order valence-electron chi connectivity index (χ4n) is 2.33. The molecule has 0 atom stereocenters. The number of aliphatic imine (C=N–C) groups is 1. The van der Waals surface area contributed by atoms with Crippen molar-refractivity contribution in [3.63, 3.8) is 0 Å². The molecule has 0 saturated carbocycles. The number of halogens is 1. The van der Waals surface area contributed by atoms with E-state index in [0.29, 0.717) is 6.54 Å². The van der Waals surface area contributed by atoms with Gasteiger partial charge in [0.25, 0.3) is 0 Å². The highest BCUT2D eigenvalue weighted by Crippen LogP contribution is 2.14. The zero-order valence-corrected chi connectivity index (χ0v) is 17.9. The quantitative estimate of drug-likeness (QED) is 0.423. The Labute approximate surface area is 165 Å². The van der Waals surface area contributed by atoms with Crippen molar-refractivity contribution in [1.29, 1.82) is 0 Å². The third kappa shape index (κ3) is 5.59. The van der Waals surface area contributed by atoms with Crippen LogP contribution in [0.3, 0.4) is 0 Å². The molecule has 6 nitrogen and oxygen atoms in total. The molecule has 24 heavy (non-hydrogen) atoms. The number of aromatic nitrogens is 2. The van der Waals surface area contributed by atoms with Crippen molar-refractivity contribution in [1.82, 2.24) is 20.2 Å². The van der Waals surface area contributed by atoms with Crippen LogP contribution in [0.2, 0.25) is 0 Å². The van der Waals surface area contributed by atoms with Gasteiger partial charge in [0.1, 0.15) is 5.82 Å². The van der Waals surface area contributed by atoms with Crippen LogP contribution in [-0.4, -0.2) is 49.0 Å². The van der Waals surface area contributed by atoms with Crippen LogP contribution in [0, 0.1) is 6.92 Å². The van der Waals surface area contributed by atoms with Crippen LogP contribution in [0.5, 0.6) is 0 Å². The predicted molar refractivity (Wildman–Crippen MR) is 112 cm³/mol. The van der Waals surface area contributed by atoms with Gasteiger partial charge in [0.15, 0.2) is 5.96 Å². The first-order chi connectivity index (χ1) is 11.0. The molecule has 0 aliphatic rings. The third-order valence-corrected chi connectivity index (χ3v) is 4.19. The van der Waals surface area contributed by atoms with Crippen LogP contribution in [0.15, 0.2) is 28.7 Å². The first-order valence-corrected chi connectivity index (χ1v) is 8.33. The minimum atomic E-state index is 0. The van der Waals surface area contributed by atoms with E-state index >= 15 is 0 Å². The van der Waals surface area contributed by atoms with Crippen molar-refractivity contribution < 1.29 is 0 Å². The molecule has 0 aromatic carbocycles. The lowest BCUT2D eigenvalue weighted by molar-refractivity contribution is 0.470. The summed E-state index contributed by atoms with van der Waals surface area (Å²) in [5.41, 5.74) is 2.20. The Morgan fingerprint density at radius 1 is 1.33 bits per heavy atom. The SMILES string of the molecule is CN=C(NCc1cccnc1N(C)C)N(C)Cc1csc(C)n1.I. The van der Waals surface area contributed by atoms with Crippen LogP contribution < -0.4 is 10.2 Å². The average molecular weight is 460 g/mol. The van der Waals surface area contributed by atoms with E-state index in [0.717, 1.165) is 34.6 Å². The van der Waals surface area contributed by atoms with E-state index in [9.17, 15) is 0 Å². The highest BCUT2D eigenvalue weighted by molar-refractivity contribution is 14.0. The lowest BCUT2D eigenvalue weighted by atomic mass is 10.2. The molecule has 0 amide bonds. The standard InChI is InChI=1S/C16H24N6S.HI/c1-12-20-14(11-23-12)10-22(5)16(17-2)19-9-13-7-6-8-18-15(13)21(3)4;/h6-8,11H,9-10H2,1-5H3,(H,17,19);1H. The van der Waals surface area contributed by atoms with Gasteiger partial charge in [-0.2, -0.15) is 0 Å². The molecule has 2 rings (SSSR count). The second-order valence-corrected chi connectivity index (χ2v) is 6.56. The molecule has 2 aromatic rings. The summed E-state index contributed by atoms with van der Waals surface area (Å²) in [6.45, 7) is 3.43. The molecule has 132 valence electrons. The highest BCUT2D eigenvalue weighted by Gasteiger charge is 2.10. The molecular formula is C16H25IN6S. The number of pyridine rings is 1. The first kappa shape index (κ1) is 20.6. The van der Waals surface area contributed by atoms with Crippen molar-refractivity contribution in [2.75, 3.05) is 33.1 Å². The maximum absolute atomic E-state index is 4.50. The fraction of sp³-hybridized carbons (Fsp3) is 0.438. The Hall–Kier alpha value is -1.42. The molecule has 0 unspecified atom stereocenters. The number of aryl methyl sites for hydroxylation is 1. The molecule has 8 heteroatoms. The fourth-order valence-corrected chi connectivity index (χ4v) is 2.93. The Balaban J connectivity index is 0.00000288. The number of hydrogen-bond acceptors (Lipinski definition) is 5. The first-order valence-electron chi connectivity index (χ1n) is 7.45. The van der Waals surface area contributed by atoms with E-state index in [1.807, 2.05) is 45.2 Å². The maximum atomic E-state index is 4.50. The van der Waals surface area contributed by atoms with Crippen LogP contribution in [0.25, 0.3) is 0 Å². The van der Waals surface area contributed by atoms with E-state index in [4.69, 9.17) is 0 Å². The number of anilines is 1. The molecule has 1 N–H and O–H groups in total. The monoisotopic (exact) mass is 460 g/mol. The number of thiazole rings is 1. The Bertz CT molecular complexity index is 670.